The molecule has 0 unspecified atom stereocenters. The summed E-state index contributed by atoms with van der Waals surface area (Å²) in [4.78, 5) is 28.1. The highest BCUT2D eigenvalue weighted by atomic mass is 35.5. The van der Waals surface area contributed by atoms with Gasteiger partial charge < -0.3 is 0 Å². The summed E-state index contributed by atoms with van der Waals surface area (Å²) in [6.07, 6.45) is 1.25. The lowest BCUT2D eigenvalue weighted by Gasteiger charge is -2.08. The van der Waals surface area contributed by atoms with Gasteiger partial charge >= 0.3 is 0 Å². The molecule has 24 heavy (non-hydrogen) atoms. The van der Waals surface area contributed by atoms with Crippen LogP contribution in [0.25, 0.3) is 0 Å². The van der Waals surface area contributed by atoms with E-state index in [4.69, 9.17) is 46.4 Å². The third kappa shape index (κ3) is 5.43. The molecular weight excluding hydrogens is 416 g/mol. The van der Waals surface area contributed by atoms with Gasteiger partial charge in [-0.05, 0) is 24.3 Å². The van der Waals surface area contributed by atoms with E-state index in [1.54, 1.807) is 18.2 Å². The molecule has 1 aromatic carbocycles. The number of carbonyl (C=O) groups is 2. The van der Waals surface area contributed by atoms with E-state index in [9.17, 15) is 9.59 Å². The van der Waals surface area contributed by atoms with E-state index < -0.39 is 11.8 Å². The summed E-state index contributed by atoms with van der Waals surface area (Å²) in [7, 11) is 0. The molecule has 1 aromatic heterocycles. The molecule has 2 rings (SSSR count). The van der Waals surface area contributed by atoms with Crippen LogP contribution in [0.1, 0.15) is 10.4 Å². The fraction of sp³-hybridized carbons (Fsp3) is 0.0714. The SMILES string of the molecule is O=C(CSc1cc(Cl)ccc1Cl)NNC(=O)c1cnc(Cl)c(Cl)c1. The number of nitrogens with zero attached hydrogens (tertiary/aromatic N) is 1. The number of halogens is 4. The molecule has 0 radical (unpaired) electrons. The zero-order chi connectivity index (χ0) is 17.7. The third-order valence-electron chi connectivity index (χ3n) is 2.63. The van der Waals surface area contributed by atoms with E-state index in [1.807, 2.05) is 0 Å². The quantitative estimate of drug-likeness (QED) is 0.437. The molecule has 0 saturated heterocycles. The molecule has 10 heteroatoms. The standard InChI is InChI=1S/C14H9Cl4N3O2S/c15-8-1-2-9(16)11(4-8)24-6-12(22)20-21-14(23)7-3-10(17)13(18)19-5-7/h1-5H,6H2,(H,20,22)(H,21,23). The van der Waals surface area contributed by atoms with Crippen LogP contribution < -0.4 is 10.9 Å². The van der Waals surface area contributed by atoms with Crippen molar-refractivity contribution < 1.29 is 9.59 Å². The van der Waals surface area contributed by atoms with Crippen LogP contribution in [0.3, 0.4) is 0 Å². The van der Waals surface area contributed by atoms with Crippen molar-refractivity contribution in [2.45, 2.75) is 4.90 Å². The maximum atomic E-state index is 11.9. The number of hydrogen-bond donors (Lipinski definition) is 2. The molecule has 0 aliphatic rings. The molecular formula is C14H9Cl4N3O2S. The fourth-order valence-corrected chi connectivity index (χ4v) is 3.07. The van der Waals surface area contributed by atoms with Crippen molar-refractivity contribution >= 4 is 70.0 Å². The zero-order valence-electron chi connectivity index (χ0n) is 11.8. The van der Waals surface area contributed by atoms with Crippen LogP contribution in [-0.2, 0) is 4.79 Å². The Morgan fingerprint density at radius 1 is 1.04 bits per heavy atom. The first-order chi connectivity index (χ1) is 11.4. The number of amides is 2. The van der Waals surface area contributed by atoms with Crippen LogP contribution in [0, 0.1) is 0 Å². The van der Waals surface area contributed by atoms with Gasteiger partial charge in [-0.1, -0.05) is 46.4 Å². The number of rotatable bonds is 4. The first-order valence-corrected chi connectivity index (χ1v) is 8.84. The van der Waals surface area contributed by atoms with Crippen LogP contribution in [0.15, 0.2) is 35.4 Å². The number of hydrazine groups is 1. The molecule has 0 bridgehead atoms. The molecule has 2 amide bonds. The predicted molar refractivity (Wildman–Crippen MR) is 97.1 cm³/mol. The first-order valence-electron chi connectivity index (χ1n) is 6.35. The van der Waals surface area contributed by atoms with Crippen molar-refractivity contribution in [1.29, 1.82) is 0 Å². The molecule has 0 aliphatic heterocycles. The number of pyridine rings is 1. The van der Waals surface area contributed by atoms with Gasteiger partial charge in [-0.2, -0.15) is 0 Å². The van der Waals surface area contributed by atoms with Crippen LogP contribution in [0.4, 0.5) is 0 Å². The number of benzene rings is 1. The Morgan fingerprint density at radius 2 is 1.79 bits per heavy atom. The molecule has 1 heterocycles. The highest BCUT2D eigenvalue weighted by Gasteiger charge is 2.11. The monoisotopic (exact) mass is 423 g/mol. The fourth-order valence-electron chi connectivity index (χ4n) is 1.51. The summed E-state index contributed by atoms with van der Waals surface area (Å²) in [6.45, 7) is 0. The van der Waals surface area contributed by atoms with Gasteiger partial charge in [0.2, 0.25) is 5.91 Å². The Balaban J connectivity index is 1.85. The summed E-state index contributed by atoms with van der Waals surface area (Å²) in [5.41, 5.74) is 4.70. The van der Waals surface area contributed by atoms with Crippen molar-refractivity contribution in [2.75, 3.05) is 5.75 Å². The van der Waals surface area contributed by atoms with Gasteiger partial charge in [-0.15, -0.1) is 11.8 Å². The molecule has 0 fully saturated rings. The number of hydrogen-bond acceptors (Lipinski definition) is 4. The number of carbonyl (C=O) groups excluding carboxylic acids is 2. The van der Waals surface area contributed by atoms with E-state index in [-0.39, 0.29) is 21.5 Å². The lowest BCUT2D eigenvalue weighted by Crippen LogP contribution is -2.42. The maximum Gasteiger partial charge on any atom is 0.271 e. The molecule has 0 atom stereocenters. The van der Waals surface area contributed by atoms with E-state index >= 15 is 0 Å². The van der Waals surface area contributed by atoms with Crippen molar-refractivity contribution in [3.63, 3.8) is 0 Å². The third-order valence-corrected chi connectivity index (χ3v) is 5.04. The number of aromatic nitrogens is 1. The van der Waals surface area contributed by atoms with E-state index in [0.29, 0.717) is 14.9 Å². The second kappa shape index (κ2) is 8.78. The van der Waals surface area contributed by atoms with E-state index in [2.05, 4.69) is 15.8 Å². The summed E-state index contributed by atoms with van der Waals surface area (Å²) in [5.74, 6) is -0.947. The van der Waals surface area contributed by atoms with Crippen LogP contribution >= 0.6 is 58.2 Å². The van der Waals surface area contributed by atoms with Crippen LogP contribution in [-0.4, -0.2) is 22.6 Å². The second-order valence-corrected chi connectivity index (χ2v) is 6.99. The lowest BCUT2D eigenvalue weighted by molar-refractivity contribution is -0.119. The Labute approximate surface area is 162 Å². The van der Waals surface area contributed by atoms with Gasteiger partial charge in [0.15, 0.2) is 0 Å². The number of thioether (sulfide) groups is 1. The molecule has 126 valence electrons. The topological polar surface area (TPSA) is 71.1 Å². The van der Waals surface area contributed by atoms with Crippen LogP contribution in [0.5, 0.6) is 0 Å². The highest BCUT2D eigenvalue weighted by Crippen LogP contribution is 2.29. The minimum absolute atomic E-state index is 0.0416. The van der Waals surface area contributed by atoms with Crippen LogP contribution in [0.2, 0.25) is 20.2 Å². The Bertz CT molecular complexity index is 789. The minimum Gasteiger partial charge on any atom is -0.272 e. The summed E-state index contributed by atoms with van der Waals surface area (Å²) in [6, 6.07) is 6.30. The normalized spacial score (nSPS) is 10.3. The van der Waals surface area contributed by atoms with E-state index in [1.165, 1.54) is 24.0 Å². The van der Waals surface area contributed by atoms with Crippen molar-refractivity contribution in [2.24, 2.45) is 0 Å². The van der Waals surface area contributed by atoms with Gasteiger partial charge in [0, 0.05) is 16.1 Å². The molecule has 5 nitrogen and oxygen atoms in total. The van der Waals surface area contributed by atoms with Crippen molar-refractivity contribution in [3.8, 4) is 0 Å². The molecule has 0 saturated carbocycles. The summed E-state index contributed by atoms with van der Waals surface area (Å²) >= 11 is 24.5. The summed E-state index contributed by atoms with van der Waals surface area (Å²) < 4.78 is 0. The van der Waals surface area contributed by atoms with E-state index in [0.717, 1.165) is 0 Å². The average Bonchev–Trinajstić information content (AvgIpc) is 2.56. The zero-order valence-corrected chi connectivity index (χ0v) is 15.6. The minimum atomic E-state index is -0.569. The highest BCUT2D eigenvalue weighted by molar-refractivity contribution is 8.00. The maximum absolute atomic E-state index is 11.9. The van der Waals surface area contributed by atoms with Gasteiger partial charge in [0.25, 0.3) is 5.91 Å². The second-order valence-electron chi connectivity index (χ2n) is 4.36. The van der Waals surface area contributed by atoms with Gasteiger partial charge in [0.1, 0.15) is 5.15 Å². The molecule has 2 N–H and O–H groups in total. The molecule has 2 aromatic rings. The van der Waals surface area contributed by atoms with Gasteiger partial charge in [0.05, 0.1) is 21.4 Å². The largest absolute Gasteiger partial charge is 0.272 e. The lowest BCUT2D eigenvalue weighted by atomic mass is 10.3. The smallest absolute Gasteiger partial charge is 0.271 e. The predicted octanol–water partition coefficient (Wildman–Crippen LogP) is 4.25. The molecule has 0 spiro atoms. The Hall–Kier alpha value is -1.18. The van der Waals surface area contributed by atoms with Crippen molar-refractivity contribution in [1.82, 2.24) is 15.8 Å². The van der Waals surface area contributed by atoms with Crippen molar-refractivity contribution in [3.05, 3.63) is 56.2 Å². The van der Waals surface area contributed by atoms with Gasteiger partial charge in [-0.3, -0.25) is 20.4 Å². The number of nitrogens with one attached hydrogen (secondary N) is 2. The molecule has 0 aliphatic carbocycles. The average molecular weight is 425 g/mol. The Morgan fingerprint density at radius 3 is 2.50 bits per heavy atom. The first kappa shape index (κ1) is 19.1. The Kier molecular flexibility index (Phi) is 7.01. The summed E-state index contributed by atoms with van der Waals surface area (Å²) in [5, 5.41) is 1.24. The van der Waals surface area contributed by atoms with Gasteiger partial charge in [-0.25, -0.2) is 4.98 Å².